The molecule has 0 radical (unpaired) electrons. The lowest BCUT2D eigenvalue weighted by Gasteiger charge is -2.42. The highest BCUT2D eigenvalue weighted by molar-refractivity contribution is 5.88. The molecule has 2 aromatic rings. The van der Waals surface area contributed by atoms with Crippen LogP contribution >= 0.6 is 0 Å². The molecule has 118 valence electrons. The minimum Gasteiger partial charge on any atom is -0.369 e. The molecule has 1 saturated heterocycles. The number of hydrogen-bond donors (Lipinski definition) is 0. The molecule has 0 spiro atoms. The Morgan fingerprint density at radius 2 is 1.95 bits per heavy atom. The summed E-state index contributed by atoms with van der Waals surface area (Å²) in [4.78, 5) is 14.2. The molecule has 8 heteroatoms. The first-order valence-corrected chi connectivity index (χ1v) is 6.88. The van der Waals surface area contributed by atoms with Crippen molar-refractivity contribution < 1.29 is 17.9 Å². The largest absolute Gasteiger partial charge is 0.417 e. The quantitative estimate of drug-likeness (QED) is 0.853. The number of fused-ring (bicyclic) bond motifs is 1. The summed E-state index contributed by atoms with van der Waals surface area (Å²) in [6, 6.07) is 1.77. The molecule has 0 amide bonds. The minimum atomic E-state index is -4.37. The van der Waals surface area contributed by atoms with Crippen molar-refractivity contribution in [2.75, 3.05) is 25.1 Å². The van der Waals surface area contributed by atoms with Gasteiger partial charge in [0.2, 0.25) is 0 Å². The number of anilines is 1. The standard InChI is InChI=1S/C14H15F3N4O/c1-22-13(14(15,16)17)3-6-21(7-4-13)12-10-2-5-18-8-11(10)19-9-20-12/h2,5,8-9H,3-4,6-7H2,1H3. The number of alkyl halides is 3. The number of piperidine rings is 1. The average molecular weight is 312 g/mol. The third kappa shape index (κ3) is 2.37. The molecule has 0 atom stereocenters. The van der Waals surface area contributed by atoms with E-state index < -0.39 is 11.8 Å². The van der Waals surface area contributed by atoms with Gasteiger partial charge in [0.25, 0.3) is 0 Å². The first kappa shape index (κ1) is 15.0. The van der Waals surface area contributed by atoms with Crippen LogP contribution in [0.4, 0.5) is 19.0 Å². The Morgan fingerprint density at radius 1 is 1.23 bits per heavy atom. The maximum atomic E-state index is 13.2. The topological polar surface area (TPSA) is 51.1 Å². The van der Waals surface area contributed by atoms with E-state index in [0.29, 0.717) is 11.3 Å². The van der Waals surface area contributed by atoms with Crippen LogP contribution in [0.25, 0.3) is 10.9 Å². The second kappa shape index (κ2) is 5.35. The van der Waals surface area contributed by atoms with Crippen molar-refractivity contribution in [2.45, 2.75) is 24.6 Å². The predicted molar refractivity (Wildman–Crippen MR) is 74.6 cm³/mol. The number of methoxy groups -OCH3 is 1. The fourth-order valence-electron chi connectivity index (χ4n) is 2.83. The minimum absolute atomic E-state index is 0.121. The smallest absolute Gasteiger partial charge is 0.369 e. The van der Waals surface area contributed by atoms with Crippen LogP contribution in [-0.2, 0) is 4.74 Å². The highest BCUT2D eigenvalue weighted by atomic mass is 19.4. The van der Waals surface area contributed by atoms with E-state index in [1.165, 1.54) is 6.33 Å². The Bertz CT molecular complexity index is 663. The molecule has 1 aliphatic heterocycles. The van der Waals surface area contributed by atoms with Crippen LogP contribution < -0.4 is 4.90 Å². The van der Waals surface area contributed by atoms with Gasteiger partial charge in [-0.25, -0.2) is 9.97 Å². The average Bonchev–Trinajstić information content (AvgIpc) is 2.53. The van der Waals surface area contributed by atoms with Crippen molar-refractivity contribution in [2.24, 2.45) is 0 Å². The fourth-order valence-corrected chi connectivity index (χ4v) is 2.83. The Hall–Kier alpha value is -1.96. The molecule has 22 heavy (non-hydrogen) atoms. The molecule has 2 aromatic heterocycles. The van der Waals surface area contributed by atoms with E-state index >= 15 is 0 Å². The molecule has 1 fully saturated rings. The Kier molecular flexibility index (Phi) is 3.64. The normalized spacial score (nSPS) is 18.6. The van der Waals surface area contributed by atoms with E-state index in [1.807, 2.05) is 4.90 Å². The van der Waals surface area contributed by atoms with E-state index in [1.54, 1.807) is 18.5 Å². The first-order valence-electron chi connectivity index (χ1n) is 6.88. The highest BCUT2D eigenvalue weighted by Gasteiger charge is 2.56. The zero-order chi connectivity index (χ0) is 15.8. The Morgan fingerprint density at radius 3 is 2.59 bits per heavy atom. The van der Waals surface area contributed by atoms with Crippen molar-refractivity contribution in [1.82, 2.24) is 15.0 Å². The molecule has 3 rings (SSSR count). The number of ether oxygens (including phenoxy) is 1. The summed E-state index contributed by atoms with van der Waals surface area (Å²) >= 11 is 0. The second-order valence-corrected chi connectivity index (χ2v) is 5.27. The van der Waals surface area contributed by atoms with Gasteiger partial charge in [0.05, 0.1) is 11.7 Å². The molecule has 0 saturated carbocycles. The lowest BCUT2D eigenvalue weighted by atomic mass is 9.90. The molecule has 0 bridgehead atoms. The van der Waals surface area contributed by atoms with Gasteiger partial charge in [-0.3, -0.25) is 4.98 Å². The van der Waals surface area contributed by atoms with Gasteiger partial charge < -0.3 is 9.64 Å². The second-order valence-electron chi connectivity index (χ2n) is 5.27. The van der Waals surface area contributed by atoms with Crippen molar-refractivity contribution in [3.05, 3.63) is 24.8 Å². The van der Waals surface area contributed by atoms with Crippen LogP contribution in [0.3, 0.4) is 0 Å². The summed E-state index contributed by atoms with van der Waals surface area (Å²) in [5.74, 6) is 0.638. The van der Waals surface area contributed by atoms with Crippen LogP contribution in [0, 0.1) is 0 Å². The van der Waals surface area contributed by atoms with Crippen molar-refractivity contribution >= 4 is 16.7 Å². The van der Waals surface area contributed by atoms with Gasteiger partial charge in [0, 0.05) is 44.6 Å². The molecule has 3 heterocycles. The van der Waals surface area contributed by atoms with E-state index in [2.05, 4.69) is 15.0 Å². The number of hydrogen-bond acceptors (Lipinski definition) is 5. The lowest BCUT2D eigenvalue weighted by Crippen LogP contribution is -2.54. The van der Waals surface area contributed by atoms with Crippen LogP contribution in [0.2, 0.25) is 0 Å². The number of nitrogens with zero attached hydrogens (tertiary/aromatic N) is 4. The maximum Gasteiger partial charge on any atom is 0.417 e. The molecular weight excluding hydrogens is 297 g/mol. The summed E-state index contributed by atoms with van der Waals surface area (Å²) in [6.07, 6.45) is 0.0217. The SMILES string of the molecule is COC1(C(F)(F)F)CCN(c2ncnc3cnccc23)CC1. The predicted octanol–water partition coefficient (Wildman–Crippen LogP) is 2.57. The zero-order valence-corrected chi connectivity index (χ0v) is 12.0. The summed E-state index contributed by atoms with van der Waals surface area (Å²) in [7, 11) is 1.12. The molecule has 1 aliphatic rings. The summed E-state index contributed by atoms with van der Waals surface area (Å²) in [5.41, 5.74) is -1.39. The van der Waals surface area contributed by atoms with E-state index in [0.717, 1.165) is 12.5 Å². The molecular formula is C14H15F3N4O. The van der Waals surface area contributed by atoms with Gasteiger partial charge in [0.1, 0.15) is 12.1 Å². The van der Waals surface area contributed by atoms with Crippen molar-refractivity contribution in [3.63, 3.8) is 0 Å². The molecule has 0 aromatic carbocycles. The van der Waals surface area contributed by atoms with Gasteiger partial charge in [0.15, 0.2) is 5.60 Å². The van der Waals surface area contributed by atoms with Gasteiger partial charge in [-0.1, -0.05) is 0 Å². The van der Waals surface area contributed by atoms with Gasteiger partial charge >= 0.3 is 6.18 Å². The fraction of sp³-hybridized carbons (Fsp3) is 0.500. The number of pyridine rings is 1. The molecule has 0 N–H and O–H groups in total. The number of halogens is 3. The Balaban J connectivity index is 1.87. The third-order valence-electron chi connectivity index (χ3n) is 4.20. The zero-order valence-electron chi connectivity index (χ0n) is 12.0. The first-order chi connectivity index (χ1) is 10.5. The van der Waals surface area contributed by atoms with Gasteiger partial charge in [-0.15, -0.1) is 0 Å². The molecule has 5 nitrogen and oxygen atoms in total. The lowest BCUT2D eigenvalue weighted by molar-refractivity contribution is -0.276. The Labute approximate surface area is 125 Å². The number of aromatic nitrogens is 3. The summed E-state index contributed by atoms with van der Waals surface area (Å²) in [6.45, 7) is 0.448. The van der Waals surface area contributed by atoms with Crippen LogP contribution in [-0.4, -0.2) is 46.9 Å². The van der Waals surface area contributed by atoms with E-state index in [-0.39, 0.29) is 25.9 Å². The molecule has 0 unspecified atom stereocenters. The maximum absolute atomic E-state index is 13.2. The summed E-state index contributed by atoms with van der Waals surface area (Å²) in [5, 5.41) is 0.787. The number of rotatable bonds is 2. The van der Waals surface area contributed by atoms with Crippen molar-refractivity contribution in [1.29, 1.82) is 0 Å². The summed E-state index contributed by atoms with van der Waals surface area (Å²) < 4.78 is 44.4. The van der Waals surface area contributed by atoms with Crippen LogP contribution in [0.15, 0.2) is 24.8 Å². The van der Waals surface area contributed by atoms with Gasteiger partial charge in [-0.2, -0.15) is 13.2 Å². The van der Waals surface area contributed by atoms with Crippen LogP contribution in [0.5, 0.6) is 0 Å². The monoisotopic (exact) mass is 312 g/mol. The van der Waals surface area contributed by atoms with Gasteiger partial charge in [-0.05, 0) is 6.07 Å². The highest BCUT2D eigenvalue weighted by Crippen LogP contribution is 2.42. The van der Waals surface area contributed by atoms with E-state index in [9.17, 15) is 13.2 Å². The van der Waals surface area contributed by atoms with E-state index in [4.69, 9.17) is 4.74 Å². The third-order valence-corrected chi connectivity index (χ3v) is 4.20. The van der Waals surface area contributed by atoms with Crippen LogP contribution in [0.1, 0.15) is 12.8 Å². The molecule has 0 aliphatic carbocycles. The van der Waals surface area contributed by atoms with Crippen molar-refractivity contribution in [3.8, 4) is 0 Å².